The summed E-state index contributed by atoms with van der Waals surface area (Å²) in [6.45, 7) is 2.02. The molecular weight excluding hydrogens is 200 g/mol. The van der Waals surface area contributed by atoms with Crippen LogP contribution in [0.3, 0.4) is 0 Å². The Morgan fingerprint density at radius 2 is 2.07 bits per heavy atom. The van der Waals surface area contributed by atoms with Gasteiger partial charge in [0.15, 0.2) is 0 Å². The van der Waals surface area contributed by atoms with Gasteiger partial charge >= 0.3 is 5.97 Å². The van der Waals surface area contributed by atoms with Crippen molar-refractivity contribution in [2.45, 2.75) is 63.4 Å². The number of carbonyl (C=O) groups is 1. The fourth-order valence-electron chi connectivity index (χ4n) is 1.79. The summed E-state index contributed by atoms with van der Waals surface area (Å²) < 4.78 is 5.33. The first-order chi connectivity index (χ1) is 6.74. The fourth-order valence-corrected chi connectivity index (χ4v) is 2.06. The fraction of sp³-hybridized carbons (Fsp3) is 0.909. The highest BCUT2D eigenvalue weighted by Gasteiger charge is 2.22. The number of carbonyl (C=O) groups excluding carboxylic acids is 1. The first-order valence-corrected chi connectivity index (χ1v) is 6.02. The van der Waals surface area contributed by atoms with Gasteiger partial charge in [-0.25, -0.2) is 0 Å². The van der Waals surface area contributed by atoms with Crippen molar-refractivity contribution in [1.82, 2.24) is 0 Å². The van der Waals surface area contributed by atoms with Gasteiger partial charge < -0.3 is 4.74 Å². The molecule has 1 atom stereocenters. The zero-order valence-corrected chi connectivity index (χ0v) is 9.55. The molecule has 1 fully saturated rings. The van der Waals surface area contributed by atoms with Gasteiger partial charge in [-0.2, -0.15) is 0 Å². The third kappa shape index (κ3) is 3.87. The summed E-state index contributed by atoms with van der Waals surface area (Å²) in [6, 6.07) is 0. The molecule has 0 N–H and O–H groups in total. The van der Waals surface area contributed by atoms with Crippen molar-refractivity contribution in [2.75, 3.05) is 0 Å². The maximum Gasteiger partial charge on any atom is 0.324 e. The molecule has 1 rings (SSSR count). The first kappa shape index (κ1) is 11.8. The number of hydrogen-bond acceptors (Lipinski definition) is 2. The SMILES string of the molecule is CCCC(Cl)C(=O)OC1CCCCC1. The monoisotopic (exact) mass is 218 g/mol. The number of halogens is 1. The van der Waals surface area contributed by atoms with Gasteiger partial charge in [0, 0.05) is 0 Å². The predicted molar refractivity (Wildman–Crippen MR) is 57.5 cm³/mol. The van der Waals surface area contributed by atoms with Crippen LogP contribution in [0.4, 0.5) is 0 Å². The lowest BCUT2D eigenvalue weighted by Gasteiger charge is -2.22. The maximum atomic E-state index is 11.4. The average molecular weight is 219 g/mol. The lowest BCUT2D eigenvalue weighted by molar-refractivity contribution is -0.150. The maximum absolute atomic E-state index is 11.4. The Hall–Kier alpha value is -0.240. The molecule has 3 heteroatoms. The normalized spacial score (nSPS) is 20.4. The molecule has 0 bridgehead atoms. The van der Waals surface area contributed by atoms with Crippen molar-refractivity contribution < 1.29 is 9.53 Å². The van der Waals surface area contributed by atoms with Crippen LogP contribution in [-0.2, 0) is 9.53 Å². The van der Waals surface area contributed by atoms with E-state index in [4.69, 9.17) is 16.3 Å². The van der Waals surface area contributed by atoms with E-state index in [9.17, 15) is 4.79 Å². The van der Waals surface area contributed by atoms with Crippen molar-refractivity contribution in [2.24, 2.45) is 0 Å². The number of hydrogen-bond donors (Lipinski definition) is 0. The summed E-state index contributed by atoms with van der Waals surface area (Å²) in [5, 5.41) is -0.443. The summed E-state index contributed by atoms with van der Waals surface area (Å²) in [5.74, 6) is -0.222. The van der Waals surface area contributed by atoms with Gasteiger partial charge in [-0.3, -0.25) is 4.79 Å². The van der Waals surface area contributed by atoms with Crippen molar-refractivity contribution >= 4 is 17.6 Å². The molecule has 0 aromatic heterocycles. The van der Waals surface area contributed by atoms with Crippen LogP contribution in [0.5, 0.6) is 0 Å². The molecule has 1 aliphatic carbocycles. The summed E-state index contributed by atoms with van der Waals surface area (Å²) in [6.07, 6.45) is 7.43. The molecule has 14 heavy (non-hydrogen) atoms. The zero-order valence-electron chi connectivity index (χ0n) is 8.80. The lowest BCUT2D eigenvalue weighted by Crippen LogP contribution is -2.26. The quantitative estimate of drug-likeness (QED) is 0.535. The topological polar surface area (TPSA) is 26.3 Å². The molecule has 1 aliphatic rings. The van der Waals surface area contributed by atoms with E-state index in [0.29, 0.717) is 6.42 Å². The van der Waals surface area contributed by atoms with E-state index in [1.54, 1.807) is 0 Å². The molecule has 0 radical (unpaired) electrons. The van der Waals surface area contributed by atoms with Gasteiger partial charge in [0.05, 0.1) is 0 Å². The van der Waals surface area contributed by atoms with E-state index in [1.165, 1.54) is 19.3 Å². The molecular formula is C11H19ClO2. The van der Waals surface area contributed by atoms with Crippen LogP contribution < -0.4 is 0 Å². The molecule has 0 aromatic carbocycles. The molecule has 0 saturated heterocycles. The average Bonchev–Trinajstić information content (AvgIpc) is 2.19. The molecule has 2 nitrogen and oxygen atoms in total. The number of ether oxygens (including phenoxy) is 1. The standard InChI is InChI=1S/C11H19ClO2/c1-2-6-10(12)11(13)14-9-7-4-3-5-8-9/h9-10H,2-8H2,1H3. The molecule has 0 spiro atoms. The lowest BCUT2D eigenvalue weighted by atomic mass is 9.98. The highest BCUT2D eigenvalue weighted by Crippen LogP contribution is 2.21. The van der Waals surface area contributed by atoms with Gasteiger partial charge in [-0.15, -0.1) is 11.6 Å². The largest absolute Gasteiger partial charge is 0.461 e. The molecule has 0 amide bonds. The summed E-state index contributed by atoms with van der Waals surface area (Å²) in [7, 11) is 0. The smallest absolute Gasteiger partial charge is 0.324 e. The van der Waals surface area contributed by atoms with Gasteiger partial charge in [0.2, 0.25) is 0 Å². The van der Waals surface area contributed by atoms with E-state index in [2.05, 4.69) is 0 Å². The van der Waals surface area contributed by atoms with Gasteiger partial charge in [0.25, 0.3) is 0 Å². The second-order valence-corrected chi connectivity index (χ2v) is 4.48. The van der Waals surface area contributed by atoms with Crippen molar-refractivity contribution in [1.29, 1.82) is 0 Å². The van der Waals surface area contributed by atoms with Gasteiger partial charge in [-0.1, -0.05) is 19.8 Å². The third-order valence-electron chi connectivity index (χ3n) is 2.63. The Labute approximate surface area is 91.0 Å². The van der Waals surface area contributed by atoms with Crippen LogP contribution >= 0.6 is 11.6 Å². The second-order valence-electron chi connectivity index (χ2n) is 3.95. The molecule has 0 aliphatic heterocycles. The third-order valence-corrected chi connectivity index (χ3v) is 3.03. The second kappa shape index (κ2) is 6.28. The first-order valence-electron chi connectivity index (χ1n) is 5.58. The van der Waals surface area contributed by atoms with Gasteiger partial charge in [0.1, 0.15) is 11.5 Å². The minimum Gasteiger partial charge on any atom is -0.461 e. The van der Waals surface area contributed by atoms with Crippen molar-refractivity contribution in [3.8, 4) is 0 Å². The number of esters is 1. The highest BCUT2D eigenvalue weighted by molar-refractivity contribution is 6.29. The zero-order chi connectivity index (χ0) is 10.4. The Bertz CT molecular complexity index is 176. The van der Waals surface area contributed by atoms with Gasteiger partial charge in [-0.05, 0) is 32.1 Å². The van der Waals surface area contributed by atoms with E-state index >= 15 is 0 Å². The molecule has 1 unspecified atom stereocenters. The minimum absolute atomic E-state index is 0.134. The van der Waals surface area contributed by atoms with Crippen LogP contribution in [0, 0.1) is 0 Å². The Morgan fingerprint density at radius 1 is 1.43 bits per heavy atom. The molecule has 1 saturated carbocycles. The Morgan fingerprint density at radius 3 is 2.64 bits per heavy atom. The van der Waals surface area contributed by atoms with Crippen molar-refractivity contribution in [3.63, 3.8) is 0 Å². The molecule has 0 aromatic rings. The van der Waals surface area contributed by atoms with Crippen LogP contribution in [0.25, 0.3) is 0 Å². The summed E-state index contributed by atoms with van der Waals surface area (Å²) in [4.78, 5) is 11.4. The van der Waals surface area contributed by atoms with Crippen LogP contribution in [0.2, 0.25) is 0 Å². The highest BCUT2D eigenvalue weighted by atomic mass is 35.5. The Balaban J connectivity index is 2.24. The summed E-state index contributed by atoms with van der Waals surface area (Å²) in [5.41, 5.74) is 0. The van der Waals surface area contributed by atoms with Crippen LogP contribution in [0.1, 0.15) is 51.9 Å². The number of alkyl halides is 1. The van der Waals surface area contributed by atoms with Crippen molar-refractivity contribution in [3.05, 3.63) is 0 Å². The van der Waals surface area contributed by atoms with E-state index in [1.807, 2.05) is 6.92 Å². The molecule has 82 valence electrons. The molecule has 0 heterocycles. The van der Waals surface area contributed by atoms with Crippen LogP contribution in [0.15, 0.2) is 0 Å². The van der Waals surface area contributed by atoms with E-state index < -0.39 is 5.38 Å². The predicted octanol–water partition coefficient (Wildman–Crippen LogP) is 3.27. The van der Waals surface area contributed by atoms with E-state index in [0.717, 1.165) is 19.3 Å². The summed E-state index contributed by atoms with van der Waals surface area (Å²) >= 11 is 5.88. The Kier molecular flexibility index (Phi) is 5.31. The minimum atomic E-state index is -0.443. The van der Waals surface area contributed by atoms with Crippen LogP contribution in [-0.4, -0.2) is 17.5 Å². The number of rotatable bonds is 4. The van der Waals surface area contributed by atoms with E-state index in [-0.39, 0.29) is 12.1 Å².